The number of halogens is 6. The topological polar surface area (TPSA) is 120 Å². The van der Waals surface area contributed by atoms with Crippen LogP contribution in [0, 0.1) is 11.3 Å². The van der Waals surface area contributed by atoms with Gasteiger partial charge in [0.1, 0.15) is 0 Å². The molecular formula is C23H29F6N3O6. The highest BCUT2D eigenvalue weighted by molar-refractivity contribution is 5.80. The van der Waals surface area contributed by atoms with E-state index in [1.54, 1.807) is 0 Å². The molecule has 9 nitrogen and oxygen atoms in total. The highest BCUT2D eigenvalue weighted by Gasteiger charge is 2.51. The van der Waals surface area contributed by atoms with Crippen LogP contribution >= 0.6 is 0 Å². The summed E-state index contributed by atoms with van der Waals surface area (Å²) in [6.45, 7) is 6.27. The Morgan fingerprint density at radius 3 is 1.97 bits per heavy atom. The van der Waals surface area contributed by atoms with Crippen LogP contribution in [0.4, 0.5) is 26.3 Å². The van der Waals surface area contributed by atoms with E-state index in [0.29, 0.717) is 5.91 Å². The number of hydrogen-bond acceptors (Lipinski definition) is 6. The van der Waals surface area contributed by atoms with Gasteiger partial charge in [0.05, 0.1) is 5.92 Å². The molecule has 3 aliphatic rings. The van der Waals surface area contributed by atoms with Gasteiger partial charge < -0.3 is 19.8 Å². The molecule has 0 bridgehead atoms. The smallest absolute Gasteiger partial charge is 0.475 e. The van der Waals surface area contributed by atoms with Crippen LogP contribution in [0.1, 0.15) is 31.2 Å². The van der Waals surface area contributed by atoms with E-state index in [-0.39, 0.29) is 11.3 Å². The number of hydrogen-bond donors (Lipinski definition) is 2. The van der Waals surface area contributed by atoms with E-state index in [4.69, 9.17) is 24.5 Å². The fraction of sp³-hybridized carbons (Fsp3) is 0.652. The second kappa shape index (κ2) is 13.2. The van der Waals surface area contributed by atoms with Crippen LogP contribution in [-0.4, -0.2) is 94.6 Å². The molecule has 3 aliphatic heterocycles. The summed E-state index contributed by atoms with van der Waals surface area (Å²) < 4.78 is 69.1. The Morgan fingerprint density at radius 1 is 1.00 bits per heavy atom. The summed E-state index contributed by atoms with van der Waals surface area (Å²) in [4.78, 5) is 39.7. The molecule has 15 heteroatoms. The average molecular weight is 557 g/mol. The molecule has 3 saturated heterocycles. The van der Waals surface area contributed by atoms with Crippen LogP contribution in [0.5, 0.6) is 0 Å². The lowest BCUT2D eigenvalue weighted by atomic mass is 9.71. The number of carbonyl (C=O) groups is 3. The molecule has 38 heavy (non-hydrogen) atoms. The van der Waals surface area contributed by atoms with E-state index in [9.17, 15) is 31.1 Å². The van der Waals surface area contributed by atoms with Crippen LogP contribution in [0.15, 0.2) is 24.5 Å². The molecule has 1 amide bonds. The number of alkyl halides is 6. The molecule has 4 heterocycles. The fourth-order valence-electron chi connectivity index (χ4n) is 4.72. The van der Waals surface area contributed by atoms with Crippen molar-refractivity contribution in [1.82, 2.24) is 14.8 Å². The van der Waals surface area contributed by atoms with Crippen LogP contribution in [0.2, 0.25) is 0 Å². The van der Waals surface area contributed by atoms with Gasteiger partial charge in [-0.25, -0.2) is 9.59 Å². The zero-order chi connectivity index (χ0) is 28.6. The number of aliphatic carboxylic acids is 2. The Labute approximate surface area is 214 Å². The molecule has 1 aromatic heterocycles. The van der Waals surface area contributed by atoms with Gasteiger partial charge in [0.2, 0.25) is 5.91 Å². The number of aromatic nitrogens is 1. The van der Waals surface area contributed by atoms with Gasteiger partial charge in [-0.2, -0.15) is 26.3 Å². The summed E-state index contributed by atoms with van der Waals surface area (Å²) in [7, 11) is 0. The largest absolute Gasteiger partial charge is 0.490 e. The van der Waals surface area contributed by atoms with Gasteiger partial charge in [0.15, 0.2) is 0 Å². The molecule has 3 fully saturated rings. The summed E-state index contributed by atoms with van der Waals surface area (Å²) >= 11 is 0. The number of nitrogens with zero attached hydrogens (tertiary/aromatic N) is 3. The van der Waals surface area contributed by atoms with Crippen molar-refractivity contribution < 1.29 is 55.7 Å². The zero-order valence-electron chi connectivity index (χ0n) is 20.3. The van der Waals surface area contributed by atoms with E-state index in [1.165, 1.54) is 5.56 Å². The van der Waals surface area contributed by atoms with Crippen molar-refractivity contribution in [3.05, 3.63) is 30.1 Å². The SMILES string of the molecule is O=C(C1CN(Cc2cccnc2)CC12CCOCC2)N1CCCC1.O=C(O)C(F)(F)F.O=C(O)C(F)(F)F. The van der Waals surface area contributed by atoms with Crippen molar-refractivity contribution in [2.24, 2.45) is 11.3 Å². The summed E-state index contributed by atoms with van der Waals surface area (Å²) in [5.74, 6) is -4.99. The number of carbonyl (C=O) groups excluding carboxylic acids is 1. The molecule has 2 N–H and O–H groups in total. The third-order valence-electron chi connectivity index (χ3n) is 6.54. The van der Waals surface area contributed by atoms with Crippen molar-refractivity contribution in [3.63, 3.8) is 0 Å². The highest BCUT2D eigenvalue weighted by Crippen LogP contribution is 2.45. The van der Waals surface area contributed by atoms with Crippen molar-refractivity contribution in [3.8, 4) is 0 Å². The van der Waals surface area contributed by atoms with Crippen LogP contribution < -0.4 is 0 Å². The summed E-state index contributed by atoms with van der Waals surface area (Å²) in [5.41, 5.74) is 1.34. The van der Waals surface area contributed by atoms with Crippen molar-refractivity contribution in [2.45, 2.75) is 44.6 Å². The minimum absolute atomic E-state index is 0.111. The molecule has 0 radical (unpaired) electrons. The number of ether oxygens (including phenoxy) is 1. The zero-order valence-corrected chi connectivity index (χ0v) is 20.3. The maximum Gasteiger partial charge on any atom is 0.490 e. The lowest BCUT2D eigenvalue weighted by molar-refractivity contribution is -0.193. The highest BCUT2D eigenvalue weighted by atomic mass is 19.4. The van der Waals surface area contributed by atoms with Crippen molar-refractivity contribution in [2.75, 3.05) is 39.4 Å². The van der Waals surface area contributed by atoms with Crippen molar-refractivity contribution >= 4 is 17.8 Å². The van der Waals surface area contributed by atoms with Crippen LogP contribution in [0.25, 0.3) is 0 Å². The summed E-state index contributed by atoms with van der Waals surface area (Å²) in [6, 6.07) is 4.11. The van der Waals surface area contributed by atoms with Crippen LogP contribution in [0.3, 0.4) is 0 Å². The molecule has 0 aliphatic carbocycles. The van der Waals surface area contributed by atoms with E-state index < -0.39 is 24.3 Å². The Hall–Kier alpha value is -2.94. The molecule has 1 atom stereocenters. The third-order valence-corrected chi connectivity index (χ3v) is 6.54. The Bertz CT molecular complexity index is 908. The van der Waals surface area contributed by atoms with Gasteiger partial charge in [-0.15, -0.1) is 0 Å². The monoisotopic (exact) mass is 557 g/mol. The maximum absolute atomic E-state index is 13.2. The van der Waals surface area contributed by atoms with Gasteiger partial charge >= 0.3 is 24.3 Å². The second-order valence-corrected chi connectivity index (χ2v) is 9.20. The molecule has 1 unspecified atom stereocenters. The Balaban J connectivity index is 0.000000301. The van der Waals surface area contributed by atoms with Crippen LogP contribution in [-0.2, 0) is 25.7 Å². The first kappa shape index (κ1) is 31.3. The number of carboxylic acids is 2. The summed E-state index contributed by atoms with van der Waals surface area (Å²) in [5, 5.41) is 14.2. The second-order valence-electron chi connectivity index (χ2n) is 9.20. The third kappa shape index (κ3) is 9.11. The summed E-state index contributed by atoms with van der Waals surface area (Å²) in [6.07, 6.45) is -2.07. The molecule has 0 aromatic carbocycles. The first-order chi connectivity index (χ1) is 17.7. The van der Waals surface area contributed by atoms with Gasteiger partial charge in [-0.3, -0.25) is 14.7 Å². The lowest BCUT2D eigenvalue weighted by Crippen LogP contribution is -2.45. The van der Waals surface area contributed by atoms with E-state index in [1.807, 2.05) is 18.5 Å². The first-order valence-corrected chi connectivity index (χ1v) is 11.7. The molecule has 0 saturated carbocycles. The normalized spacial score (nSPS) is 21.2. The number of rotatable bonds is 3. The maximum atomic E-state index is 13.2. The van der Waals surface area contributed by atoms with E-state index in [2.05, 4.69) is 20.9 Å². The minimum atomic E-state index is -5.08. The molecular weight excluding hydrogens is 528 g/mol. The number of amides is 1. The predicted molar refractivity (Wildman–Crippen MR) is 119 cm³/mol. The lowest BCUT2D eigenvalue weighted by Gasteiger charge is -2.38. The average Bonchev–Trinajstić information content (AvgIpc) is 3.48. The molecule has 214 valence electrons. The Kier molecular flexibility index (Phi) is 10.9. The first-order valence-electron chi connectivity index (χ1n) is 11.7. The molecule has 1 aromatic rings. The number of pyridine rings is 1. The van der Waals surface area contributed by atoms with E-state index >= 15 is 0 Å². The molecule has 4 rings (SSSR count). The quantitative estimate of drug-likeness (QED) is 0.544. The van der Waals surface area contributed by atoms with Gasteiger partial charge in [-0.1, -0.05) is 6.07 Å². The van der Waals surface area contributed by atoms with Gasteiger partial charge in [0.25, 0.3) is 0 Å². The van der Waals surface area contributed by atoms with Gasteiger partial charge in [-0.05, 0) is 37.3 Å². The van der Waals surface area contributed by atoms with Gasteiger partial charge in [0, 0.05) is 63.7 Å². The van der Waals surface area contributed by atoms with E-state index in [0.717, 1.165) is 71.6 Å². The minimum Gasteiger partial charge on any atom is -0.475 e. The molecule has 1 spiro atoms. The van der Waals surface area contributed by atoms with Crippen molar-refractivity contribution in [1.29, 1.82) is 0 Å². The number of carboxylic acid groups (broad SMARTS) is 2. The predicted octanol–water partition coefficient (Wildman–Crippen LogP) is 3.20. The number of likely N-dealkylation sites (tertiary alicyclic amines) is 2. The fourth-order valence-corrected chi connectivity index (χ4v) is 4.72. The standard InChI is InChI=1S/C19H27N3O2.2C2HF3O2/c23-18(22-8-1-2-9-22)17-14-21(13-16-4-3-7-20-12-16)15-19(17)5-10-24-11-6-19;2*3-2(4,5)1(6)7/h3-4,7,12,17H,1-2,5-6,8-11,13-15H2;2*(H,6,7). The Morgan fingerprint density at radius 2 is 1.53 bits per heavy atom.